The molecule has 1 aliphatic rings. The molecular weight excluding hydrogens is 403 g/mol. The first-order chi connectivity index (χ1) is 15.5. The van der Waals surface area contributed by atoms with E-state index in [1.807, 2.05) is 30.3 Å². The highest BCUT2D eigenvalue weighted by Gasteiger charge is 2.32. The topological polar surface area (TPSA) is 38.5 Å². The lowest BCUT2D eigenvalue weighted by Gasteiger charge is -2.26. The molecule has 1 aliphatic heterocycles. The summed E-state index contributed by atoms with van der Waals surface area (Å²) in [5.74, 6) is 0.558. The van der Waals surface area contributed by atoms with Crippen LogP contribution in [0.15, 0.2) is 65.1 Å². The standard InChI is InChI=1S/C27H27FN2O2/c1-17-4-11-25-24(14-17)29-27(32-25)19-7-10-22-20(15-19)16-31-26(22)23(12-13-30(2)3)18-5-8-21(28)9-6-18/h4-11,14-15,23,26H,12-13,16H2,1-3H3. The van der Waals surface area contributed by atoms with Crippen molar-refractivity contribution in [2.75, 3.05) is 20.6 Å². The summed E-state index contributed by atoms with van der Waals surface area (Å²) in [6.07, 6.45) is 0.866. The summed E-state index contributed by atoms with van der Waals surface area (Å²) >= 11 is 0. The van der Waals surface area contributed by atoms with Gasteiger partial charge >= 0.3 is 0 Å². The van der Waals surface area contributed by atoms with Gasteiger partial charge in [-0.3, -0.25) is 0 Å². The zero-order valence-corrected chi connectivity index (χ0v) is 18.6. The number of benzene rings is 3. The number of ether oxygens (including phenoxy) is 1. The third-order valence-corrected chi connectivity index (χ3v) is 6.21. The zero-order chi connectivity index (χ0) is 22.2. The van der Waals surface area contributed by atoms with Crippen LogP contribution in [0.25, 0.3) is 22.6 Å². The van der Waals surface area contributed by atoms with Crippen LogP contribution in [-0.4, -0.2) is 30.5 Å². The van der Waals surface area contributed by atoms with Gasteiger partial charge in [-0.05, 0) is 92.6 Å². The summed E-state index contributed by atoms with van der Waals surface area (Å²) in [5.41, 5.74) is 7.22. The average Bonchev–Trinajstić information content (AvgIpc) is 3.38. The first-order valence-corrected chi connectivity index (χ1v) is 11.0. The minimum absolute atomic E-state index is 0.0595. The first kappa shape index (κ1) is 20.9. The van der Waals surface area contributed by atoms with Crippen LogP contribution in [0.4, 0.5) is 4.39 Å². The second-order valence-electron chi connectivity index (χ2n) is 8.89. The number of nitrogens with zero attached hydrogens (tertiary/aromatic N) is 2. The lowest BCUT2D eigenvalue weighted by atomic mass is 9.85. The van der Waals surface area contributed by atoms with E-state index < -0.39 is 0 Å². The summed E-state index contributed by atoms with van der Waals surface area (Å²) in [6, 6.07) is 19.2. The van der Waals surface area contributed by atoms with Gasteiger partial charge < -0.3 is 14.1 Å². The SMILES string of the molecule is Cc1ccc2oc(-c3ccc4c(c3)COC4C(CCN(C)C)c3ccc(F)cc3)nc2c1. The lowest BCUT2D eigenvalue weighted by molar-refractivity contribution is 0.0420. The highest BCUT2D eigenvalue weighted by Crippen LogP contribution is 2.44. The first-order valence-electron chi connectivity index (χ1n) is 11.0. The van der Waals surface area contributed by atoms with Gasteiger partial charge in [0.05, 0.1) is 12.7 Å². The molecule has 2 atom stereocenters. The number of rotatable bonds is 6. The molecule has 3 aromatic carbocycles. The van der Waals surface area contributed by atoms with Gasteiger partial charge in [0, 0.05) is 11.5 Å². The second kappa shape index (κ2) is 8.49. The van der Waals surface area contributed by atoms with E-state index in [9.17, 15) is 4.39 Å². The lowest BCUT2D eigenvalue weighted by Crippen LogP contribution is -2.19. The maximum absolute atomic E-state index is 13.5. The number of oxazole rings is 1. The van der Waals surface area contributed by atoms with Gasteiger partial charge in [0.2, 0.25) is 5.89 Å². The number of hydrogen-bond donors (Lipinski definition) is 0. The number of halogens is 1. The van der Waals surface area contributed by atoms with Crippen molar-refractivity contribution in [2.24, 2.45) is 0 Å². The van der Waals surface area contributed by atoms with Crippen LogP contribution in [0, 0.1) is 12.7 Å². The summed E-state index contributed by atoms with van der Waals surface area (Å²) in [4.78, 5) is 6.85. The minimum atomic E-state index is -0.217. The third-order valence-electron chi connectivity index (χ3n) is 6.21. The fraction of sp³-hybridized carbons (Fsp3) is 0.296. The van der Waals surface area contributed by atoms with Crippen LogP contribution in [-0.2, 0) is 11.3 Å². The van der Waals surface area contributed by atoms with Crippen molar-refractivity contribution in [1.29, 1.82) is 0 Å². The van der Waals surface area contributed by atoms with Crippen molar-refractivity contribution in [3.8, 4) is 11.5 Å². The van der Waals surface area contributed by atoms with E-state index in [1.54, 1.807) is 0 Å². The Morgan fingerprint density at radius 1 is 1.06 bits per heavy atom. The van der Waals surface area contributed by atoms with Crippen LogP contribution in [0.1, 0.15) is 40.7 Å². The smallest absolute Gasteiger partial charge is 0.227 e. The van der Waals surface area contributed by atoms with Crippen LogP contribution >= 0.6 is 0 Å². The molecule has 0 saturated carbocycles. The molecule has 0 aliphatic carbocycles. The molecule has 2 heterocycles. The highest BCUT2D eigenvalue weighted by molar-refractivity contribution is 5.77. The molecular formula is C27H27FN2O2. The summed E-state index contributed by atoms with van der Waals surface area (Å²) in [6.45, 7) is 3.53. The van der Waals surface area contributed by atoms with Gasteiger partial charge in [-0.1, -0.05) is 24.3 Å². The molecule has 32 heavy (non-hydrogen) atoms. The second-order valence-corrected chi connectivity index (χ2v) is 8.89. The quantitative estimate of drug-likeness (QED) is 0.362. The van der Waals surface area contributed by atoms with Crippen molar-refractivity contribution in [3.05, 3.63) is 88.7 Å². The van der Waals surface area contributed by atoms with Gasteiger partial charge in [0.25, 0.3) is 0 Å². The van der Waals surface area contributed by atoms with Crippen molar-refractivity contribution >= 4 is 11.1 Å². The highest BCUT2D eigenvalue weighted by atomic mass is 19.1. The Labute approximate surface area is 187 Å². The fourth-order valence-corrected chi connectivity index (χ4v) is 4.50. The van der Waals surface area contributed by atoms with Crippen molar-refractivity contribution in [1.82, 2.24) is 9.88 Å². The maximum Gasteiger partial charge on any atom is 0.227 e. The molecule has 4 nitrogen and oxygen atoms in total. The van der Waals surface area contributed by atoms with Gasteiger partial charge in [-0.25, -0.2) is 9.37 Å². The largest absolute Gasteiger partial charge is 0.436 e. The Kier molecular flexibility index (Phi) is 5.53. The summed E-state index contributed by atoms with van der Waals surface area (Å²) in [5, 5.41) is 0. The molecule has 1 aromatic heterocycles. The summed E-state index contributed by atoms with van der Waals surface area (Å²) < 4.78 is 25.8. The van der Waals surface area contributed by atoms with Gasteiger partial charge in [-0.2, -0.15) is 0 Å². The van der Waals surface area contributed by atoms with Crippen molar-refractivity contribution in [3.63, 3.8) is 0 Å². The molecule has 0 radical (unpaired) electrons. The van der Waals surface area contributed by atoms with Crippen LogP contribution in [0.2, 0.25) is 0 Å². The Bertz CT molecular complexity index is 1250. The Morgan fingerprint density at radius 2 is 1.88 bits per heavy atom. The number of hydrogen-bond acceptors (Lipinski definition) is 4. The van der Waals surface area contributed by atoms with E-state index in [1.165, 1.54) is 17.7 Å². The summed E-state index contributed by atoms with van der Waals surface area (Å²) in [7, 11) is 4.14. The van der Waals surface area contributed by atoms with E-state index in [4.69, 9.17) is 9.15 Å². The monoisotopic (exact) mass is 430 g/mol. The van der Waals surface area contributed by atoms with Crippen LogP contribution < -0.4 is 0 Å². The molecule has 5 heteroatoms. The molecule has 0 saturated heterocycles. The maximum atomic E-state index is 13.5. The van der Waals surface area contributed by atoms with E-state index in [-0.39, 0.29) is 17.8 Å². The molecule has 5 rings (SSSR count). The Hall–Kier alpha value is -3.02. The predicted octanol–water partition coefficient (Wildman–Crippen LogP) is 6.25. The number of aryl methyl sites for hydroxylation is 1. The normalized spacial score (nSPS) is 16.6. The molecule has 0 N–H and O–H groups in total. The van der Waals surface area contributed by atoms with Gasteiger partial charge in [-0.15, -0.1) is 0 Å². The average molecular weight is 431 g/mol. The van der Waals surface area contributed by atoms with Crippen LogP contribution in [0.5, 0.6) is 0 Å². The molecule has 0 spiro atoms. The molecule has 2 unspecified atom stereocenters. The van der Waals surface area contributed by atoms with Crippen molar-refractivity contribution < 1.29 is 13.5 Å². The van der Waals surface area contributed by atoms with Crippen LogP contribution in [0.3, 0.4) is 0 Å². The van der Waals surface area contributed by atoms with E-state index >= 15 is 0 Å². The Morgan fingerprint density at radius 3 is 2.66 bits per heavy atom. The molecule has 164 valence electrons. The van der Waals surface area contributed by atoms with E-state index in [0.29, 0.717) is 12.5 Å². The molecule has 0 amide bonds. The van der Waals surface area contributed by atoms with E-state index in [2.05, 4.69) is 49.1 Å². The predicted molar refractivity (Wildman–Crippen MR) is 124 cm³/mol. The van der Waals surface area contributed by atoms with Crippen molar-refractivity contribution in [2.45, 2.75) is 32.0 Å². The molecule has 0 bridgehead atoms. The zero-order valence-electron chi connectivity index (χ0n) is 18.6. The molecule has 4 aromatic rings. The van der Waals surface area contributed by atoms with E-state index in [0.717, 1.165) is 46.3 Å². The minimum Gasteiger partial charge on any atom is -0.436 e. The van der Waals surface area contributed by atoms with Gasteiger partial charge in [0.15, 0.2) is 5.58 Å². The Balaban J connectivity index is 1.47. The fourth-order valence-electron chi connectivity index (χ4n) is 4.50. The van der Waals surface area contributed by atoms with Gasteiger partial charge in [0.1, 0.15) is 11.3 Å². The third kappa shape index (κ3) is 4.06. The molecule has 0 fully saturated rings. The number of fused-ring (bicyclic) bond motifs is 2. The number of aromatic nitrogens is 1.